The van der Waals surface area contributed by atoms with E-state index >= 15 is 0 Å². The molecule has 0 amide bonds. The molecule has 99 heavy (non-hydrogen) atoms. The average molecular weight is 1460 g/mol. The van der Waals surface area contributed by atoms with Gasteiger partial charge in [-0.05, 0) is 104 Å². The number of carboxylic acids is 1. The number of aromatic hydroxyl groups is 1. The number of pyridine rings is 3. The van der Waals surface area contributed by atoms with Gasteiger partial charge in [-0.3, -0.25) is 18.6 Å². The first-order valence-corrected chi connectivity index (χ1v) is 35.2. The van der Waals surface area contributed by atoms with E-state index in [1.807, 2.05) is 38.0 Å². The van der Waals surface area contributed by atoms with Crippen molar-refractivity contribution in [3.8, 4) is 51.0 Å². The quantitative estimate of drug-likeness (QED) is 0.0487. The van der Waals surface area contributed by atoms with Crippen LogP contribution in [0.15, 0.2) is 87.6 Å². The van der Waals surface area contributed by atoms with Gasteiger partial charge >= 0.3 is 47.5 Å². The molecule has 0 bridgehead atoms. The number of benzene rings is 3. The summed E-state index contributed by atoms with van der Waals surface area (Å²) in [6.45, 7) is 16.5. The van der Waals surface area contributed by atoms with Gasteiger partial charge in [-0.15, -0.1) is 0 Å². The number of fused-ring (bicyclic) bond motifs is 9. The Labute approximate surface area is 614 Å². The molecule has 534 valence electrons. The minimum atomic E-state index is -3.27. The summed E-state index contributed by atoms with van der Waals surface area (Å²) in [5.74, 6) is -0.266. The maximum Gasteiger partial charge on any atom is 1.00 e. The van der Waals surface area contributed by atoms with Crippen LogP contribution in [0.2, 0.25) is 15.1 Å². The van der Waals surface area contributed by atoms with Crippen LogP contribution < -0.4 is 55.3 Å². The monoisotopic (exact) mass is 1460 g/mol. The predicted molar refractivity (Wildman–Crippen MR) is 374 cm³/mol. The van der Waals surface area contributed by atoms with E-state index in [1.165, 1.54) is 24.4 Å². The van der Waals surface area contributed by atoms with Crippen molar-refractivity contribution in [2.45, 2.75) is 175 Å². The fraction of sp³-hybridized carbons (Fsp3) is 0.500. The smallest absolute Gasteiger partial charge is 0.870 e. The Bertz CT molecular complexity index is 4210. The second-order valence-corrected chi connectivity index (χ2v) is 28.9. The van der Waals surface area contributed by atoms with Crippen LogP contribution in [0.3, 0.4) is 0 Å². The molecule has 27 heteroatoms. The molecular weight excluding hydrogens is 1370 g/mol. The maximum absolute atomic E-state index is 12.7. The van der Waals surface area contributed by atoms with Gasteiger partial charge in [0.05, 0.1) is 76.0 Å². The third-order valence-corrected chi connectivity index (χ3v) is 20.0. The van der Waals surface area contributed by atoms with Crippen molar-refractivity contribution in [2.75, 3.05) is 40.8 Å². The van der Waals surface area contributed by atoms with Gasteiger partial charge in [-0.25, -0.2) is 14.4 Å². The standard InChI is InChI=1S/C24H28ClNO5.C22H24ClNO5.C19H20ClNO4.C6H12O4S.CH4.Na.H2O/c1-5-30-24(28)18-12-26-20(13(2)3)6-14-7-23(31-16-8-15(9-16)29-4)19(25)10-17(14)21(26)11-22(18)27;1-11(2)18-4-12-5-21(29-14-6-13(7-14)28-3)17(23)8-15(12)19-9-20(25)16(22(26)27)10-24(18)19;1-4-25-19(24)13-9-21-15(10(2)3)5-11-6-18(23)14(20)7-12(11)16(21)8-17(13)22;1-9-5-3-6(4-5)10-11(2,7)8;;;/h7,10-13,15-16,20H,5-6,8-9H2,1-4H3;5,8-11,13-14,18H,4,6-7H2,1-3H3,(H,26,27);6-10,15,23H,4-5H2,1-3H3;5-6H,3-4H2,1-2H3;1H4;;1H2/q;;;;;+1;/p-1. The van der Waals surface area contributed by atoms with Gasteiger partial charge in [0.2, 0.25) is 0 Å². The van der Waals surface area contributed by atoms with Crippen LogP contribution >= 0.6 is 34.8 Å². The third-order valence-electron chi connectivity index (χ3n) is 18.5. The molecule has 3 aromatic carbocycles. The molecule has 3 aliphatic heterocycles. The van der Waals surface area contributed by atoms with Crippen LogP contribution in [0.5, 0.6) is 17.2 Å². The number of aromatic nitrogens is 3. The summed E-state index contributed by atoms with van der Waals surface area (Å²) in [5, 5.41) is 20.5. The molecule has 3 fully saturated rings. The van der Waals surface area contributed by atoms with Crippen molar-refractivity contribution in [1.29, 1.82) is 0 Å². The van der Waals surface area contributed by atoms with Gasteiger partial charge in [0.15, 0.2) is 16.3 Å². The maximum atomic E-state index is 12.7. The zero-order chi connectivity index (χ0) is 69.9. The van der Waals surface area contributed by atoms with Crippen LogP contribution in [-0.4, -0.2) is 133 Å². The van der Waals surface area contributed by atoms with Gasteiger partial charge in [-0.1, -0.05) is 83.8 Å². The molecule has 3 aliphatic carbocycles. The van der Waals surface area contributed by atoms with E-state index < -0.39 is 33.5 Å². The molecule has 12 rings (SSSR count). The zero-order valence-corrected chi connectivity index (χ0v) is 62.5. The topological polar surface area (TPSA) is 296 Å². The summed E-state index contributed by atoms with van der Waals surface area (Å²) in [7, 11) is 1.76. The summed E-state index contributed by atoms with van der Waals surface area (Å²) in [6.07, 6.45) is 13.4. The summed E-state index contributed by atoms with van der Waals surface area (Å²) < 4.78 is 69.6. The van der Waals surface area contributed by atoms with E-state index in [4.69, 9.17) is 72.1 Å². The third kappa shape index (κ3) is 18.8. The number of hydrogen-bond acceptors (Lipinski definition) is 18. The Morgan fingerprint density at radius 1 is 0.515 bits per heavy atom. The van der Waals surface area contributed by atoms with Crippen molar-refractivity contribution < 1.29 is 105 Å². The number of halogens is 3. The Hall–Kier alpha value is -6.06. The van der Waals surface area contributed by atoms with E-state index in [-0.39, 0.29) is 161 Å². The van der Waals surface area contributed by atoms with E-state index in [2.05, 4.69) is 41.5 Å². The van der Waals surface area contributed by atoms with Gasteiger partial charge in [0, 0.05) is 131 Å². The molecule has 3 N–H and O–H groups in total. The molecule has 0 saturated heterocycles. The van der Waals surface area contributed by atoms with Gasteiger partial charge < -0.3 is 62.5 Å². The Kier molecular flexibility index (Phi) is 28.7. The van der Waals surface area contributed by atoms with Crippen LogP contribution in [0, 0.1) is 17.8 Å². The summed E-state index contributed by atoms with van der Waals surface area (Å²) in [5.41, 5.74) is 6.39. The molecule has 0 spiro atoms. The largest absolute Gasteiger partial charge is 1.00 e. The molecule has 0 radical (unpaired) electrons. The number of carbonyl (C=O) groups is 3. The van der Waals surface area contributed by atoms with Crippen molar-refractivity contribution >= 4 is 62.8 Å². The van der Waals surface area contributed by atoms with Crippen molar-refractivity contribution in [2.24, 2.45) is 17.8 Å². The minimum absolute atomic E-state index is 0. The first-order valence-electron chi connectivity index (χ1n) is 32.3. The summed E-state index contributed by atoms with van der Waals surface area (Å²) in [6, 6.07) is 15.5. The Balaban J connectivity index is 0.000000215. The number of carbonyl (C=O) groups excluding carboxylic acids is 2. The number of esters is 2. The zero-order valence-electron chi connectivity index (χ0n) is 57.4. The van der Waals surface area contributed by atoms with Crippen LogP contribution in [0.4, 0.5) is 0 Å². The molecule has 6 aliphatic rings. The van der Waals surface area contributed by atoms with E-state index in [0.717, 1.165) is 77.4 Å². The van der Waals surface area contributed by atoms with Gasteiger partial charge in [-0.2, -0.15) is 8.42 Å². The number of nitrogens with zero attached hydrogens (tertiary/aromatic N) is 3. The Morgan fingerprint density at radius 3 is 1.14 bits per heavy atom. The molecule has 6 aromatic rings. The Morgan fingerprint density at radius 2 is 0.828 bits per heavy atom. The number of rotatable bonds is 17. The van der Waals surface area contributed by atoms with Crippen molar-refractivity contribution in [3.05, 3.63) is 152 Å². The molecule has 22 nitrogen and oxygen atoms in total. The number of methoxy groups -OCH3 is 3. The summed E-state index contributed by atoms with van der Waals surface area (Å²) in [4.78, 5) is 73.3. The van der Waals surface area contributed by atoms with Crippen LogP contribution in [-0.2, 0) is 57.2 Å². The molecule has 3 atom stereocenters. The van der Waals surface area contributed by atoms with Crippen molar-refractivity contribution in [3.63, 3.8) is 0 Å². The van der Waals surface area contributed by atoms with Crippen LogP contribution in [0.1, 0.15) is 167 Å². The van der Waals surface area contributed by atoms with E-state index in [9.17, 15) is 47.4 Å². The molecular formula is C72H89Cl3N3NaO19S. The number of ether oxygens (including phenoxy) is 7. The van der Waals surface area contributed by atoms with Crippen LogP contribution in [0.25, 0.3) is 33.8 Å². The fourth-order valence-corrected chi connectivity index (χ4v) is 14.1. The number of carboxylic acid groups (broad SMARTS) is 1. The van der Waals surface area contributed by atoms with E-state index in [1.54, 1.807) is 59.7 Å². The summed E-state index contributed by atoms with van der Waals surface area (Å²) >= 11 is 19.1. The number of phenolic OH excluding ortho intramolecular Hbond substituents is 1. The van der Waals surface area contributed by atoms with Gasteiger partial charge in [0.25, 0.3) is 10.1 Å². The number of aromatic carboxylic acids is 1. The van der Waals surface area contributed by atoms with E-state index in [0.29, 0.717) is 64.5 Å². The van der Waals surface area contributed by atoms with Crippen molar-refractivity contribution in [1.82, 2.24) is 13.7 Å². The molecule has 6 heterocycles. The number of hydrogen-bond donors (Lipinski definition) is 2. The average Bonchev–Trinajstić information content (AvgIpc) is 0.761. The molecule has 3 aromatic heterocycles. The second kappa shape index (κ2) is 34.7. The first-order chi connectivity index (χ1) is 45.4. The number of phenols is 1. The molecule has 3 unspecified atom stereocenters. The second-order valence-electron chi connectivity index (χ2n) is 26.1. The fourth-order valence-electron chi connectivity index (χ4n) is 12.9. The van der Waals surface area contributed by atoms with Gasteiger partial charge in [0.1, 0.15) is 46.1 Å². The SMILES string of the molecule is C.CCOC(=O)c1cn2c(cc1=O)-c1cc(Cl)c(O)cc1CC2C(C)C.CCOC(=O)c1cn2c(cc1=O)-c1cc(Cl)c(OC3CC(OC)C3)cc1CC2C(C)C.COC1CC(OS(C)(=O)=O)C1.COC1CC(Oc2cc3c(cc2Cl)-c2cc(=O)c(C(=O)O)cn2C(C(C)C)C3)C1.[Na+].[OH-]. The minimum Gasteiger partial charge on any atom is -0.870 e. The normalized spacial score (nSPS) is 20.9. The first kappa shape index (κ1) is 81.9. The predicted octanol–water partition coefficient (Wildman–Crippen LogP) is 10.2. The molecule has 3 saturated carbocycles.